The third-order valence-electron chi connectivity index (χ3n) is 5.16. The lowest BCUT2D eigenvalue weighted by atomic mass is 9.92. The fourth-order valence-corrected chi connectivity index (χ4v) is 4.15. The minimum atomic E-state index is -1.08. The molecule has 9 heteroatoms. The molecule has 1 fully saturated rings. The van der Waals surface area contributed by atoms with Crippen molar-refractivity contribution in [3.8, 4) is 5.88 Å². The fraction of sp³-hybridized carbons (Fsp3) is 0.765. The lowest BCUT2D eigenvalue weighted by Crippen LogP contribution is -2.56. The Labute approximate surface area is 167 Å². The molecule has 0 saturated heterocycles. The zero-order chi connectivity index (χ0) is 20.9. The van der Waals surface area contributed by atoms with Crippen LogP contribution in [-0.2, 0) is 0 Å². The van der Waals surface area contributed by atoms with E-state index in [4.69, 9.17) is 7.50 Å². The van der Waals surface area contributed by atoms with Crippen LogP contribution in [0.25, 0.3) is 0 Å². The number of aryl methyl sites for hydroxylation is 2. The van der Waals surface area contributed by atoms with Crippen LogP contribution in [0.3, 0.4) is 0 Å². The second-order valence-corrected chi connectivity index (χ2v) is 8.19. The Hall–Kier alpha value is -0.555. The van der Waals surface area contributed by atoms with E-state index in [1.807, 2.05) is 13.8 Å². The highest BCUT2D eigenvalue weighted by Crippen LogP contribution is 2.50. The Morgan fingerprint density at radius 1 is 1.54 bits per heavy atom. The van der Waals surface area contributed by atoms with Gasteiger partial charge in [0.2, 0.25) is 13.6 Å². The number of nitrogens with zero attached hydrogens (tertiary/aromatic N) is 2. The predicted octanol–water partition coefficient (Wildman–Crippen LogP) is 2.22. The maximum Gasteiger partial charge on any atom is 0.241 e. The Morgan fingerprint density at radius 3 is 2.92 bits per heavy atom. The van der Waals surface area contributed by atoms with Gasteiger partial charge in [-0.15, -0.1) is 0 Å². The third kappa shape index (κ3) is 4.46. The van der Waals surface area contributed by atoms with Crippen LogP contribution in [0.2, 0.25) is 0 Å². The Balaban J connectivity index is 0.000000640. The maximum atomic E-state index is 11.4. The first-order valence-corrected chi connectivity index (χ1v) is 10.4. The topological polar surface area (TPSA) is 87.5 Å². The van der Waals surface area contributed by atoms with Gasteiger partial charge in [0, 0.05) is 18.4 Å². The van der Waals surface area contributed by atoms with Gasteiger partial charge in [-0.2, -0.15) is 14.1 Å². The zero-order valence-electron chi connectivity index (χ0n) is 17.7. The summed E-state index contributed by atoms with van der Waals surface area (Å²) in [6.45, 7) is 6.29. The molecule has 2 heterocycles. The SMILES string of the molecule is [2H]B(P)S.[3H]OCCC[C@H]1C[C@H](CCC)[C@@]2(O)Nc3c(C)nc(C)nc3O[C@@H]12. The molecule has 1 aromatic heterocycles. The van der Waals surface area contributed by atoms with E-state index in [0.29, 0.717) is 24.0 Å². The second-order valence-electron chi connectivity index (χ2n) is 7.00. The van der Waals surface area contributed by atoms with Crippen LogP contribution in [0.1, 0.15) is 50.5 Å². The van der Waals surface area contributed by atoms with Gasteiger partial charge in [-0.3, -0.25) is 0 Å². The first-order valence-electron chi connectivity index (χ1n) is 10.2. The molecule has 0 radical (unpaired) electrons. The third-order valence-corrected chi connectivity index (χ3v) is 5.16. The molecule has 2 aliphatic rings. The highest BCUT2D eigenvalue weighted by molar-refractivity contribution is 8.20. The minimum absolute atomic E-state index is 0.128. The number of anilines is 1. The monoisotopic (exact) mass is 402 g/mol. The molecule has 146 valence electrons. The number of aliphatic hydroxyl groups excluding tert-OH is 1. The number of aliphatic hydroxyl groups is 2. The molecule has 3 N–H and O–H groups in total. The molecule has 1 unspecified atom stereocenters. The first kappa shape index (κ1) is 18.8. The molecule has 1 aromatic rings. The van der Waals surface area contributed by atoms with Crippen molar-refractivity contribution in [2.45, 2.75) is 64.7 Å². The van der Waals surface area contributed by atoms with Crippen LogP contribution in [0.4, 0.5) is 5.69 Å². The number of rotatable bonds is 6. The van der Waals surface area contributed by atoms with Crippen molar-refractivity contribution in [3.63, 3.8) is 0 Å². The van der Waals surface area contributed by atoms with E-state index in [0.717, 1.165) is 37.8 Å². The first-order chi connectivity index (χ1) is 13.2. The van der Waals surface area contributed by atoms with Crippen LogP contribution in [0.5, 0.6) is 5.88 Å². The number of aromatic nitrogens is 2. The van der Waals surface area contributed by atoms with Gasteiger partial charge in [0.05, 0.1) is 5.69 Å². The summed E-state index contributed by atoms with van der Waals surface area (Å²) in [6, 6.07) is 0. The summed E-state index contributed by atoms with van der Waals surface area (Å²) in [6.07, 6.45) is 3.88. The normalized spacial score (nSPS) is 29.8. The van der Waals surface area contributed by atoms with Crippen molar-refractivity contribution in [3.05, 3.63) is 11.5 Å². The summed E-state index contributed by atoms with van der Waals surface area (Å²) in [5, 5.41) is 19.2. The average molecular weight is 402 g/mol. The van der Waals surface area contributed by atoms with Gasteiger partial charge < -0.3 is 20.3 Å². The number of hydrogen-bond donors (Lipinski definition) is 4. The van der Waals surface area contributed by atoms with Crippen molar-refractivity contribution in [2.75, 3.05) is 11.9 Å². The fourth-order valence-electron chi connectivity index (χ4n) is 4.15. The van der Waals surface area contributed by atoms with Crippen LogP contribution in [-0.4, -0.2) is 47.6 Å². The Kier molecular flexibility index (Phi) is 6.93. The summed E-state index contributed by atoms with van der Waals surface area (Å²) in [4.78, 5) is 8.79. The Bertz CT molecular complexity index is 662. The van der Waals surface area contributed by atoms with Gasteiger partial charge in [0.15, 0.2) is 11.8 Å². The number of nitrogens with one attached hydrogen (secondary N) is 1. The van der Waals surface area contributed by atoms with Gasteiger partial charge in [-0.25, -0.2) is 17.5 Å². The summed E-state index contributed by atoms with van der Waals surface area (Å²) in [5.41, 5.74) is 0.417. The van der Waals surface area contributed by atoms with E-state index in [1.54, 1.807) is 0 Å². The molecule has 0 aromatic carbocycles. The highest BCUT2D eigenvalue weighted by atomic mass is 32.1. The standard InChI is InChI=1S/C17H27N3O3.BH4PS/c1-4-6-13-9-12(7-5-8-21)15-17(13,22)20-14-10(2)18-11(3)19-16(14)23-15;2-1-3/h12-13,15,20-22H,4-9H2,1-3H3;1,3H,2H2/t12-,13-,15-,17-;/m0./s1/i21T;1D. The van der Waals surface area contributed by atoms with Crippen molar-refractivity contribution in [1.29, 1.82) is 2.77 Å². The molecule has 5 atom stereocenters. The lowest BCUT2D eigenvalue weighted by Gasteiger charge is -2.42. The molecule has 1 saturated carbocycles. The number of fused-ring (bicyclic) bond motifs is 2. The van der Waals surface area contributed by atoms with Crippen molar-refractivity contribution in [2.24, 2.45) is 11.8 Å². The molecule has 0 amide bonds. The smallest absolute Gasteiger partial charge is 0.241 e. The number of ether oxygens (including phenoxy) is 1. The van der Waals surface area contributed by atoms with Gasteiger partial charge in [0.1, 0.15) is 11.5 Å². The molecular weight excluding hydrogens is 368 g/mol. The molecular formula is C17H31BN3O3PS. The van der Waals surface area contributed by atoms with Gasteiger partial charge >= 0.3 is 0 Å². The van der Waals surface area contributed by atoms with Crippen LogP contribution >= 0.6 is 21.6 Å². The largest absolute Gasteiger partial charge is 0.467 e. The number of thiol groups is 1. The summed E-state index contributed by atoms with van der Waals surface area (Å²) in [7, 11) is 2.19. The van der Waals surface area contributed by atoms with Crippen molar-refractivity contribution in [1.82, 2.24) is 9.97 Å². The van der Waals surface area contributed by atoms with E-state index < -0.39 is 5.72 Å². The quantitative estimate of drug-likeness (QED) is 0.253. The molecule has 0 bridgehead atoms. The van der Waals surface area contributed by atoms with Gasteiger partial charge in [0.25, 0.3) is 0 Å². The summed E-state index contributed by atoms with van der Waals surface area (Å²) in [5.74, 6) is 1.55. The van der Waals surface area contributed by atoms with E-state index in [9.17, 15) is 5.11 Å². The van der Waals surface area contributed by atoms with Gasteiger partial charge in [-0.1, -0.05) is 13.3 Å². The zero-order valence-corrected chi connectivity index (χ0v) is 17.8. The average Bonchev–Trinajstić information content (AvgIpc) is 2.85. The minimum Gasteiger partial charge on any atom is -0.467 e. The number of hydrogen-bond acceptors (Lipinski definition) is 7. The molecule has 0 spiro atoms. The molecule has 3 rings (SSSR count). The highest BCUT2D eigenvalue weighted by Gasteiger charge is 2.58. The van der Waals surface area contributed by atoms with E-state index in [2.05, 4.69) is 48.9 Å². The maximum absolute atomic E-state index is 11.4. The van der Waals surface area contributed by atoms with Crippen molar-refractivity contribution >= 4 is 33.5 Å². The van der Waals surface area contributed by atoms with Crippen LogP contribution in [0, 0.1) is 25.7 Å². The molecule has 1 aliphatic heterocycles. The van der Waals surface area contributed by atoms with Crippen LogP contribution < -0.4 is 10.1 Å². The lowest BCUT2D eigenvalue weighted by molar-refractivity contribution is -0.0696. The van der Waals surface area contributed by atoms with Crippen LogP contribution in [0.15, 0.2) is 0 Å². The second kappa shape index (κ2) is 9.58. The summed E-state index contributed by atoms with van der Waals surface area (Å²) >= 11 is 3.60. The Morgan fingerprint density at radius 2 is 2.27 bits per heavy atom. The molecule has 6 nitrogen and oxygen atoms in total. The predicted molar refractivity (Wildman–Crippen MR) is 113 cm³/mol. The molecule has 1 aliphatic carbocycles. The van der Waals surface area contributed by atoms with E-state index in [1.165, 1.54) is 0 Å². The molecule has 26 heavy (non-hydrogen) atoms. The van der Waals surface area contributed by atoms with E-state index in [-0.39, 0.29) is 24.2 Å². The summed E-state index contributed by atoms with van der Waals surface area (Å²) < 4.78 is 19.4. The van der Waals surface area contributed by atoms with Crippen molar-refractivity contribution < 1.29 is 15.0 Å². The van der Waals surface area contributed by atoms with Gasteiger partial charge in [-0.05, 0) is 40.9 Å². The van der Waals surface area contributed by atoms with E-state index >= 15 is 0 Å².